The van der Waals surface area contributed by atoms with Gasteiger partial charge in [-0.3, -0.25) is 4.79 Å². The molecule has 1 atom stereocenters. The molecule has 0 aliphatic carbocycles. The monoisotopic (exact) mass is 223 g/mol. The van der Waals surface area contributed by atoms with Crippen LogP contribution in [0.15, 0.2) is 0 Å². The Hall–Kier alpha value is -1.08. The first kappa shape index (κ1) is 13.0. The molecule has 16 heavy (non-hydrogen) atoms. The summed E-state index contributed by atoms with van der Waals surface area (Å²) in [7, 11) is 0. The van der Waals surface area contributed by atoms with E-state index in [9.17, 15) is 4.79 Å². The predicted octanol–water partition coefficient (Wildman–Crippen LogP) is 1.28. The zero-order valence-electron chi connectivity index (χ0n) is 10.3. The standard InChI is InChI=1S/C12H21N3O/c1-3-12(7-5-9-14-12)11(16)15(4-2)10-6-8-13/h14H,3-7,9-10H2,1-2H3. The van der Waals surface area contributed by atoms with Gasteiger partial charge in [-0.25, -0.2) is 0 Å². The van der Waals surface area contributed by atoms with E-state index in [-0.39, 0.29) is 11.4 Å². The van der Waals surface area contributed by atoms with Crippen LogP contribution in [-0.2, 0) is 4.79 Å². The van der Waals surface area contributed by atoms with Gasteiger partial charge in [0.1, 0.15) is 0 Å². The molecule has 0 aromatic heterocycles. The number of likely N-dealkylation sites (N-methyl/N-ethyl adjacent to an activating group) is 1. The first-order chi connectivity index (χ1) is 7.70. The van der Waals surface area contributed by atoms with Crippen molar-refractivity contribution >= 4 is 5.91 Å². The van der Waals surface area contributed by atoms with Gasteiger partial charge in [-0.05, 0) is 32.7 Å². The third kappa shape index (κ3) is 2.53. The fraction of sp³-hybridized carbons (Fsp3) is 0.833. The van der Waals surface area contributed by atoms with Gasteiger partial charge in [0.2, 0.25) is 5.91 Å². The lowest BCUT2D eigenvalue weighted by Gasteiger charge is -2.33. The highest BCUT2D eigenvalue weighted by molar-refractivity contribution is 5.86. The fourth-order valence-corrected chi connectivity index (χ4v) is 2.33. The molecule has 0 aromatic rings. The molecular formula is C12H21N3O. The van der Waals surface area contributed by atoms with Crippen molar-refractivity contribution in [1.29, 1.82) is 5.26 Å². The molecule has 90 valence electrons. The third-order valence-corrected chi connectivity index (χ3v) is 3.42. The van der Waals surface area contributed by atoms with Crippen molar-refractivity contribution in [2.45, 2.75) is 45.1 Å². The van der Waals surface area contributed by atoms with Gasteiger partial charge in [0.15, 0.2) is 0 Å². The molecule has 0 spiro atoms. The van der Waals surface area contributed by atoms with Crippen molar-refractivity contribution < 1.29 is 4.79 Å². The Balaban J connectivity index is 2.69. The second-order valence-corrected chi connectivity index (χ2v) is 4.26. The number of carbonyl (C=O) groups is 1. The molecule has 1 fully saturated rings. The second-order valence-electron chi connectivity index (χ2n) is 4.26. The molecule has 1 heterocycles. The SMILES string of the molecule is CCN(CCC#N)C(=O)C1(CC)CCCN1. The largest absolute Gasteiger partial charge is 0.340 e. The molecule has 0 aromatic carbocycles. The highest BCUT2D eigenvalue weighted by Crippen LogP contribution is 2.25. The summed E-state index contributed by atoms with van der Waals surface area (Å²) in [5.41, 5.74) is -0.356. The summed E-state index contributed by atoms with van der Waals surface area (Å²) >= 11 is 0. The van der Waals surface area contributed by atoms with Crippen LogP contribution in [0.1, 0.15) is 39.5 Å². The zero-order chi connectivity index (χ0) is 12.0. The number of carbonyl (C=O) groups excluding carboxylic acids is 1. The molecule has 1 aliphatic heterocycles. The smallest absolute Gasteiger partial charge is 0.242 e. The van der Waals surface area contributed by atoms with Crippen molar-refractivity contribution in [3.63, 3.8) is 0 Å². The van der Waals surface area contributed by atoms with Gasteiger partial charge in [0.05, 0.1) is 18.0 Å². The number of nitrogens with zero attached hydrogens (tertiary/aromatic N) is 2. The van der Waals surface area contributed by atoms with Crippen molar-refractivity contribution in [3.05, 3.63) is 0 Å². The Labute approximate surface area is 97.6 Å². The zero-order valence-corrected chi connectivity index (χ0v) is 10.3. The molecule has 1 unspecified atom stereocenters. The number of hydrogen-bond acceptors (Lipinski definition) is 3. The lowest BCUT2D eigenvalue weighted by Crippen LogP contribution is -2.54. The highest BCUT2D eigenvalue weighted by atomic mass is 16.2. The lowest BCUT2D eigenvalue weighted by atomic mass is 9.92. The van der Waals surface area contributed by atoms with Crippen molar-refractivity contribution in [1.82, 2.24) is 10.2 Å². The number of nitrogens with one attached hydrogen (secondary N) is 1. The minimum atomic E-state index is -0.356. The van der Waals surface area contributed by atoms with E-state index in [1.807, 2.05) is 13.8 Å². The van der Waals surface area contributed by atoms with Crippen LogP contribution in [0.25, 0.3) is 0 Å². The number of nitriles is 1. The van der Waals surface area contributed by atoms with Crippen molar-refractivity contribution in [2.24, 2.45) is 0 Å². The lowest BCUT2D eigenvalue weighted by molar-refractivity contribution is -0.137. The van der Waals surface area contributed by atoms with E-state index >= 15 is 0 Å². The first-order valence-electron chi connectivity index (χ1n) is 6.11. The van der Waals surface area contributed by atoms with E-state index < -0.39 is 0 Å². The van der Waals surface area contributed by atoms with Gasteiger partial charge < -0.3 is 10.2 Å². The molecule has 4 nitrogen and oxygen atoms in total. The molecule has 1 amide bonds. The first-order valence-corrected chi connectivity index (χ1v) is 6.11. The van der Waals surface area contributed by atoms with Crippen LogP contribution in [0.5, 0.6) is 0 Å². The molecular weight excluding hydrogens is 202 g/mol. The van der Waals surface area contributed by atoms with E-state index in [1.165, 1.54) is 0 Å². The molecule has 0 bridgehead atoms. The minimum Gasteiger partial charge on any atom is -0.340 e. The molecule has 1 saturated heterocycles. The summed E-state index contributed by atoms with van der Waals surface area (Å²) < 4.78 is 0. The van der Waals surface area contributed by atoms with E-state index in [1.54, 1.807) is 4.90 Å². The van der Waals surface area contributed by atoms with Gasteiger partial charge in [0, 0.05) is 13.1 Å². The Bertz CT molecular complexity index is 276. The van der Waals surface area contributed by atoms with E-state index in [0.29, 0.717) is 19.5 Å². The molecule has 0 saturated carbocycles. The Morgan fingerprint density at radius 2 is 2.31 bits per heavy atom. The van der Waals surface area contributed by atoms with Crippen LogP contribution < -0.4 is 5.32 Å². The summed E-state index contributed by atoms with van der Waals surface area (Å²) in [5.74, 6) is 0.172. The third-order valence-electron chi connectivity index (χ3n) is 3.42. The van der Waals surface area contributed by atoms with Gasteiger partial charge >= 0.3 is 0 Å². The maximum absolute atomic E-state index is 12.4. The average molecular weight is 223 g/mol. The van der Waals surface area contributed by atoms with Gasteiger partial charge in [-0.2, -0.15) is 5.26 Å². The highest BCUT2D eigenvalue weighted by Gasteiger charge is 2.41. The van der Waals surface area contributed by atoms with Crippen LogP contribution in [0.2, 0.25) is 0 Å². The number of amides is 1. The summed E-state index contributed by atoms with van der Waals surface area (Å²) in [6, 6.07) is 2.09. The predicted molar refractivity (Wildman–Crippen MR) is 62.7 cm³/mol. The van der Waals surface area contributed by atoms with E-state index in [2.05, 4.69) is 11.4 Å². The second kappa shape index (κ2) is 5.86. The summed E-state index contributed by atoms with van der Waals surface area (Å²) in [6.07, 6.45) is 3.23. The van der Waals surface area contributed by atoms with Crippen molar-refractivity contribution in [2.75, 3.05) is 19.6 Å². The summed E-state index contributed by atoms with van der Waals surface area (Å²) in [6.45, 7) is 6.18. The Morgan fingerprint density at radius 1 is 1.56 bits per heavy atom. The maximum Gasteiger partial charge on any atom is 0.242 e. The number of rotatable bonds is 5. The maximum atomic E-state index is 12.4. The fourth-order valence-electron chi connectivity index (χ4n) is 2.33. The Morgan fingerprint density at radius 3 is 2.75 bits per heavy atom. The molecule has 4 heteroatoms. The molecule has 1 aliphatic rings. The van der Waals surface area contributed by atoms with Gasteiger partial charge in [-0.15, -0.1) is 0 Å². The van der Waals surface area contributed by atoms with Crippen LogP contribution in [0, 0.1) is 11.3 Å². The van der Waals surface area contributed by atoms with Crippen LogP contribution >= 0.6 is 0 Å². The molecule has 1 N–H and O–H groups in total. The van der Waals surface area contributed by atoms with Crippen molar-refractivity contribution in [3.8, 4) is 6.07 Å². The number of hydrogen-bond donors (Lipinski definition) is 1. The average Bonchev–Trinajstić information content (AvgIpc) is 2.79. The summed E-state index contributed by atoms with van der Waals surface area (Å²) in [5, 5.41) is 11.9. The van der Waals surface area contributed by atoms with Gasteiger partial charge in [0.25, 0.3) is 0 Å². The quantitative estimate of drug-likeness (QED) is 0.764. The van der Waals surface area contributed by atoms with Gasteiger partial charge in [-0.1, -0.05) is 6.92 Å². The van der Waals surface area contributed by atoms with Crippen LogP contribution in [-0.4, -0.2) is 36.0 Å². The molecule has 0 radical (unpaired) electrons. The van der Waals surface area contributed by atoms with E-state index in [0.717, 1.165) is 25.8 Å². The van der Waals surface area contributed by atoms with Crippen LogP contribution in [0.4, 0.5) is 0 Å². The normalized spacial score (nSPS) is 24.1. The molecule has 1 rings (SSSR count). The topological polar surface area (TPSA) is 56.1 Å². The van der Waals surface area contributed by atoms with Crippen LogP contribution in [0.3, 0.4) is 0 Å². The van der Waals surface area contributed by atoms with E-state index in [4.69, 9.17) is 5.26 Å². The summed E-state index contributed by atoms with van der Waals surface area (Å²) in [4.78, 5) is 14.2. The Kier molecular flexibility index (Phi) is 4.75. The minimum absolute atomic E-state index is 0.172.